The van der Waals surface area contributed by atoms with Crippen LogP contribution >= 0.6 is 0 Å². The smallest absolute Gasteiger partial charge is 0.261 e. The molecule has 0 unspecified atom stereocenters. The van der Waals surface area contributed by atoms with E-state index in [4.69, 9.17) is 0 Å². The molecule has 0 fully saturated rings. The van der Waals surface area contributed by atoms with Crippen molar-refractivity contribution in [2.45, 2.75) is 46.1 Å². The lowest BCUT2D eigenvalue weighted by Crippen LogP contribution is -2.46. The van der Waals surface area contributed by atoms with Gasteiger partial charge in [0.05, 0.1) is 12.0 Å². The third kappa shape index (κ3) is 5.88. The minimum absolute atomic E-state index is 0.211. The normalized spacial score (nSPS) is 14.3. The van der Waals surface area contributed by atoms with Crippen molar-refractivity contribution in [3.63, 3.8) is 0 Å². The Bertz CT molecular complexity index is 2080. The first-order valence-electron chi connectivity index (χ1n) is 17.6. The van der Waals surface area contributed by atoms with Gasteiger partial charge in [-0.1, -0.05) is 43.7 Å². The first-order valence-corrected chi connectivity index (χ1v) is 17.6. The number of imidazole rings is 1. The van der Waals surface area contributed by atoms with Gasteiger partial charge in [-0.3, -0.25) is 33.9 Å². The first kappa shape index (κ1) is 33.3. The van der Waals surface area contributed by atoms with Crippen LogP contribution in [0.2, 0.25) is 0 Å². The molecule has 1 aromatic heterocycles. The molecule has 0 spiro atoms. The van der Waals surface area contributed by atoms with Crippen LogP contribution in [-0.2, 0) is 6.42 Å². The molecule has 0 aliphatic carbocycles. The Hall–Kier alpha value is -5.19. The number of rotatable bonds is 14. The van der Waals surface area contributed by atoms with Gasteiger partial charge in [0.25, 0.3) is 23.6 Å². The van der Waals surface area contributed by atoms with Gasteiger partial charge in [-0.05, 0) is 81.1 Å². The second-order valence-electron chi connectivity index (χ2n) is 13.3. The molecule has 256 valence electrons. The highest BCUT2D eigenvalue weighted by Crippen LogP contribution is 2.34. The fraction of sp³-hybridized carbons (Fsp3) is 0.325. The molecule has 7 rings (SSSR count). The molecule has 10 nitrogen and oxygen atoms in total. The Morgan fingerprint density at radius 3 is 1.98 bits per heavy atom. The standard InChI is InChI=1S/C40H42N6O4/c1-4-8-27-13-14-32-35-28(27)9-5-11-30(35)37(47)45(39(32)49)22-19-41-17-7-20-43(26(2)3)23-24-46-38(48)31-12-6-10-29-34(44-21-18-42-25-44)16-15-33(36(29)31)40(46)50/h5-6,9-16,18,21,25-26,41H,4,7-8,17,19-20,22-24H2,1-3H3. The summed E-state index contributed by atoms with van der Waals surface area (Å²) in [6, 6.07) is 19.1. The minimum atomic E-state index is -0.275. The van der Waals surface area contributed by atoms with Crippen LogP contribution in [0.25, 0.3) is 27.2 Å². The van der Waals surface area contributed by atoms with Crippen LogP contribution < -0.4 is 5.32 Å². The van der Waals surface area contributed by atoms with Crippen LogP contribution in [-0.4, -0.2) is 93.2 Å². The molecule has 3 heterocycles. The van der Waals surface area contributed by atoms with E-state index in [0.717, 1.165) is 53.2 Å². The van der Waals surface area contributed by atoms with E-state index in [0.29, 0.717) is 47.3 Å². The van der Waals surface area contributed by atoms with Crippen molar-refractivity contribution in [3.8, 4) is 5.69 Å². The molecule has 2 aliphatic heterocycles. The zero-order chi connectivity index (χ0) is 34.9. The molecule has 4 aromatic carbocycles. The molecule has 0 saturated carbocycles. The lowest BCUT2D eigenvalue weighted by molar-refractivity contribution is 0.0579. The quantitative estimate of drug-likeness (QED) is 0.119. The number of nitrogens with one attached hydrogen (secondary N) is 1. The van der Waals surface area contributed by atoms with Crippen molar-refractivity contribution >= 4 is 45.2 Å². The van der Waals surface area contributed by atoms with Crippen molar-refractivity contribution in [3.05, 3.63) is 107 Å². The molecular weight excluding hydrogens is 628 g/mol. The summed E-state index contributed by atoms with van der Waals surface area (Å²) in [7, 11) is 0. The van der Waals surface area contributed by atoms with Gasteiger partial charge in [0.2, 0.25) is 0 Å². The molecule has 0 bridgehead atoms. The zero-order valence-corrected chi connectivity index (χ0v) is 28.8. The summed E-state index contributed by atoms with van der Waals surface area (Å²) in [5.74, 6) is -1.03. The highest BCUT2D eigenvalue weighted by Gasteiger charge is 2.34. The fourth-order valence-corrected chi connectivity index (χ4v) is 7.44. The van der Waals surface area contributed by atoms with Crippen LogP contribution in [0.15, 0.2) is 79.4 Å². The van der Waals surface area contributed by atoms with Gasteiger partial charge in [-0.15, -0.1) is 0 Å². The fourth-order valence-electron chi connectivity index (χ4n) is 7.44. The summed E-state index contributed by atoms with van der Waals surface area (Å²) < 4.78 is 1.88. The van der Waals surface area contributed by atoms with Gasteiger partial charge in [-0.2, -0.15) is 0 Å². The average molecular weight is 671 g/mol. The lowest BCUT2D eigenvalue weighted by atomic mass is 9.90. The van der Waals surface area contributed by atoms with Crippen molar-refractivity contribution in [1.29, 1.82) is 0 Å². The van der Waals surface area contributed by atoms with Crippen molar-refractivity contribution in [2.75, 3.05) is 39.3 Å². The molecule has 10 heteroatoms. The second-order valence-corrected chi connectivity index (χ2v) is 13.3. The maximum Gasteiger partial charge on any atom is 0.261 e. The van der Waals surface area contributed by atoms with Gasteiger partial charge in [0.1, 0.15) is 0 Å². The maximum atomic E-state index is 13.7. The number of imide groups is 2. The molecule has 4 amide bonds. The van der Waals surface area contributed by atoms with E-state index in [1.807, 2.05) is 65.4 Å². The Labute approximate surface area is 291 Å². The number of amides is 4. The second kappa shape index (κ2) is 14.0. The van der Waals surface area contributed by atoms with E-state index in [2.05, 4.69) is 36.0 Å². The molecule has 50 heavy (non-hydrogen) atoms. The molecular formula is C40H42N6O4. The summed E-state index contributed by atoms with van der Waals surface area (Å²) in [5.41, 5.74) is 4.28. The van der Waals surface area contributed by atoms with Gasteiger partial charge >= 0.3 is 0 Å². The number of aryl methyl sites for hydroxylation is 1. The molecule has 0 radical (unpaired) electrons. The van der Waals surface area contributed by atoms with Crippen LogP contribution in [0.4, 0.5) is 0 Å². The van der Waals surface area contributed by atoms with E-state index in [9.17, 15) is 19.2 Å². The highest BCUT2D eigenvalue weighted by atomic mass is 16.2. The highest BCUT2D eigenvalue weighted by molar-refractivity contribution is 6.27. The Balaban J connectivity index is 0.932. The number of carbonyl (C=O) groups is 4. The number of aromatic nitrogens is 2. The third-order valence-electron chi connectivity index (χ3n) is 10.0. The van der Waals surface area contributed by atoms with Crippen molar-refractivity contribution in [2.24, 2.45) is 0 Å². The summed E-state index contributed by atoms with van der Waals surface area (Å²) in [6.07, 6.45) is 7.97. The molecule has 0 saturated heterocycles. The minimum Gasteiger partial charge on any atom is -0.315 e. The third-order valence-corrected chi connectivity index (χ3v) is 10.0. The number of nitrogens with zero attached hydrogens (tertiary/aromatic N) is 5. The predicted octanol–water partition coefficient (Wildman–Crippen LogP) is 5.71. The van der Waals surface area contributed by atoms with E-state index in [1.165, 1.54) is 9.80 Å². The summed E-state index contributed by atoms with van der Waals surface area (Å²) in [5, 5.41) is 6.70. The van der Waals surface area contributed by atoms with Crippen LogP contribution in [0.1, 0.15) is 80.6 Å². The van der Waals surface area contributed by atoms with Gasteiger partial charge in [0, 0.05) is 83.0 Å². The zero-order valence-electron chi connectivity index (χ0n) is 28.8. The molecule has 0 atom stereocenters. The van der Waals surface area contributed by atoms with Crippen molar-refractivity contribution in [1.82, 2.24) is 29.6 Å². The van der Waals surface area contributed by atoms with E-state index >= 15 is 0 Å². The summed E-state index contributed by atoms with van der Waals surface area (Å²) >= 11 is 0. The first-order chi connectivity index (χ1) is 24.3. The van der Waals surface area contributed by atoms with E-state index in [-0.39, 0.29) is 42.8 Å². The number of hydrogen-bond acceptors (Lipinski definition) is 7. The molecule has 1 N–H and O–H groups in total. The van der Waals surface area contributed by atoms with Gasteiger partial charge in [0.15, 0.2) is 0 Å². The predicted molar refractivity (Wildman–Crippen MR) is 194 cm³/mol. The lowest BCUT2D eigenvalue weighted by Gasteiger charge is -2.32. The summed E-state index contributed by atoms with van der Waals surface area (Å²) in [4.78, 5) is 63.3. The largest absolute Gasteiger partial charge is 0.315 e. The van der Waals surface area contributed by atoms with Gasteiger partial charge in [-0.25, -0.2) is 4.98 Å². The van der Waals surface area contributed by atoms with Crippen molar-refractivity contribution < 1.29 is 19.2 Å². The number of carbonyl (C=O) groups excluding carboxylic acids is 4. The SMILES string of the molecule is CCCc1ccc2c3c(cccc13)C(=O)N(CCNCCCN(CCN1C(=O)c3cccc4c(-n5ccnc5)ccc(c34)C1=O)C(C)C)C2=O. The maximum absolute atomic E-state index is 13.7. The molecule has 2 aliphatic rings. The van der Waals surface area contributed by atoms with E-state index in [1.54, 1.807) is 18.6 Å². The Morgan fingerprint density at radius 2 is 1.34 bits per heavy atom. The number of benzene rings is 4. The van der Waals surface area contributed by atoms with Crippen LogP contribution in [0.3, 0.4) is 0 Å². The van der Waals surface area contributed by atoms with E-state index < -0.39 is 0 Å². The Kier molecular flexibility index (Phi) is 9.31. The Morgan fingerprint density at radius 1 is 0.720 bits per heavy atom. The topological polar surface area (TPSA) is 108 Å². The summed E-state index contributed by atoms with van der Waals surface area (Å²) in [6.45, 7) is 9.42. The molecule has 5 aromatic rings. The monoisotopic (exact) mass is 670 g/mol. The van der Waals surface area contributed by atoms with Crippen LogP contribution in [0, 0.1) is 0 Å². The van der Waals surface area contributed by atoms with Gasteiger partial charge < -0.3 is 9.88 Å². The number of hydrogen-bond donors (Lipinski definition) is 1. The average Bonchev–Trinajstić information content (AvgIpc) is 3.66. The van der Waals surface area contributed by atoms with Crippen LogP contribution in [0.5, 0.6) is 0 Å².